The highest BCUT2D eigenvalue weighted by atomic mass is 35.5. The van der Waals surface area contributed by atoms with Crippen LogP contribution in [0.3, 0.4) is 0 Å². The lowest BCUT2D eigenvalue weighted by molar-refractivity contribution is -0.149. The fourth-order valence-corrected chi connectivity index (χ4v) is 3.49. The second kappa shape index (κ2) is 8.05. The van der Waals surface area contributed by atoms with Crippen LogP contribution >= 0.6 is 11.6 Å². The lowest BCUT2D eigenvalue weighted by Crippen LogP contribution is -2.40. The van der Waals surface area contributed by atoms with Gasteiger partial charge in [0.15, 0.2) is 0 Å². The third kappa shape index (κ3) is 5.34. The van der Waals surface area contributed by atoms with Crippen LogP contribution < -0.4 is 4.72 Å². The Bertz CT molecular complexity index is 758. The summed E-state index contributed by atoms with van der Waals surface area (Å²) in [5.41, 5.74) is 0.501. The number of hydrogen-bond acceptors (Lipinski definition) is 5. The predicted octanol–water partition coefficient (Wildman–Crippen LogP) is 2.13. The Morgan fingerprint density at radius 3 is 2.52 bits per heavy atom. The van der Waals surface area contributed by atoms with E-state index in [1.807, 2.05) is 0 Å². The minimum Gasteiger partial charge on any atom is -0.466 e. The molecule has 25 heavy (non-hydrogen) atoms. The van der Waals surface area contributed by atoms with Gasteiger partial charge in [-0.15, -0.1) is 0 Å². The minimum absolute atomic E-state index is 0.163. The first-order chi connectivity index (χ1) is 11.7. The van der Waals surface area contributed by atoms with Crippen LogP contribution in [-0.4, -0.2) is 51.1 Å². The largest absolute Gasteiger partial charge is 0.466 e. The van der Waals surface area contributed by atoms with Gasteiger partial charge in [-0.1, -0.05) is 11.6 Å². The molecule has 0 atom stereocenters. The number of esters is 1. The number of hydrogen-bond donors (Lipinski definition) is 1. The van der Waals surface area contributed by atoms with E-state index in [0.29, 0.717) is 38.1 Å². The molecular weight excluding hydrogens is 368 g/mol. The Hall–Kier alpha value is -1.80. The van der Waals surface area contributed by atoms with Crippen molar-refractivity contribution < 1.29 is 22.7 Å². The van der Waals surface area contributed by atoms with Gasteiger partial charge in [0, 0.05) is 18.7 Å². The zero-order valence-corrected chi connectivity index (χ0v) is 15.7. The van der Waals surface area contributed by atoms with Gasteiger partial charge in [-0.05, 0) is 38.0 Å². The normalized spacial score (nSPS) is 15.7. The monoisotopic (exact) mass is 388 g/mol. The lowest BCUT2D eigenvalue weighted by Gasteiger charge is -2.31. The number of benzene rings is 1. The molecule has 1 saturated heterocycles. The number of likely N-dealkylation sites (tertiary alicyclic amines) is 1. The fraction of sp³-hybridized carbons (Fsp3) is 0.500. The van der Waals surface area contributed by atoms with E-state index in [-0.39, 0.29) is 28.5 Å². The van der Waals surface area contributed by atoms with E-state index in [9.17, 15) is 18.0 Å². The maximum absolute atomic E-state index is 12.6. The summed E-state index contributed by atoms with van der Waals surface area (Å²) in [5, 5.41) is 0.211. The summed E-state index contributed by atoms with van der Waals surface area (Å²) in [7, 11) is -3.50. The molecule has 1 aromatic carbocycles. The number of carbonyl (C=O) groups excluding carboxylic acids is 2. The Morgan fingerprint density at radius 2 is 1.96 bits per heavy atom. The molecule has 0 unspecified atom stereocenters. The van der Waals surface area contributed by atoms with Crippen LogP contribution in [0.4, 0.5) is 5.69 Å². The third-order valence-electron chi connectivity index (χ3n) is 3.91. The second-order valence-electron chi connectivity index (χ2n) is 5.89. The van der Waals surface area contributed by atoms with Crippen LogP contribution in [0.25, 0.3) is 0 Å². The highest BCUT2D eigenvalue weighted by molar-refractivity contribution is 7.92. The van der Waals surface area contributed by atoms with Crippen LogP contribution in [0.2, 0.25) is 5.02 Å². The number of carbonyl (C=O) groups is 2. The Balaban J connectivity index is 2.07. The first-order valence-electron chi connectivity index (χ1n) is 7.94. The van der Waals surface area contributed by atoms with Crippen molar-refractivity contribution in [2.24, 2.45) is 5.92 Å². The highest BCUT2D eigenvalue weighted by Gasteiger charge is 2.28. The summed E-state index contributed by atoms with van der Waals surface area (Å²) in [6.45, 7) is 3.00. The molecule has 0 aromatic heterocycles. The Kier molecular flexibility index (Phi) is 6.29. The van der Waals surface area contributed by atoms with Crippen LogP contribution in [-0.2, 0) is 19.6 Å². The number of nitrogens with zero attached hydrogens (tertiary/aromatic N) is 1. The molecule has 0 bridgehead atoms. The zero-order chi connectivity index (χ0) is 18.6. The van der Waals surface area contributed by atoms with Crippen molar-refractivity contribution in [1.29, 1.82) is 0 Å². The van der Waals surface area contributed by atoms with Crippen molar-refractivity contribution in [3.63, 3.8) is 0 Å². The molecule has 1 fully saturated rings. The Labute approximate surface area is 152 Å². The SMILES string of the molecule is CCOC(=O)C1CCN(C(=O)c2ccc(Cl)c(NS(C)(=O)=O)c2)CC1. The molecular formula is C16H21ClN2O5S. The maximum atomic E-state index is 12.6. The van der Waals surface area contributed by atoms with Gasteiger partial charge in [0.25, 0.3) is 5.91 Å². The summed E-state index contributed by atoms with van der Waals surface area (Å²) < 4.78 is 30.1. The van der Waals surface area contributed by atoms with Gasteiger partial charge in [-0.3, -0.25) is 14.3 Å². The van der Waals surface area contributed by atoms with E-state index < -0.39 is 10.0 Å². The topological polar surface area (TPSA) is 92.8 Å². The van der Waals surface area contributed by atoms with Gasteiger partial charge >= 0.3 is 5.97 Å². The quantitative estimate of drug-likeness (QED) is 0.780. The standard InChI is InChI=1S/C16H21ClN2O5S/c1-3-24-16(21)11-6-8-19(9-7-11)15(20)12-4-5-13(17)14(10-12)18-25(2,22)23/h4-5,10-11,18H,3,6-9H2,1-2H3. The van der Waals surface area contributed by atoms with Crippen LogP contribution in [0.15, 0.2) is 18.2 Å². The average molecular weight is 389 g/mol. The number of nitrogens with one attached hydrogen (secondary N) is 1. The molecule has 0 aliphatic carbocycles. The van der Waals surface area contributed by atoms with E-state index in [1.165, 1.54) is 12.1 Å². The molecule has 2 rings (SSSR count). The summed E-state index contributed by atoms with van der Waals surface area (Å²) >= 11 is 5.97. The third-order valence-corrected chi connectivity index (χ3v) is 4.83. The number of halogens is 1. The molecule has 1 heterocycles. The maximum Gasteiger partial charge on any atom is 0.309 e. The van der Waals surface area contributed by atoms with Crippen LogP contribution in [0.5, 0.6) is 0 Å². The summed E-state index contributed by atoms with van der Waals surface area (Å²) in [6, 6.07) is 4.45. The Morgan fingerprint density at radius 1 is 1.32 bits per heavy atom. The average Bonchev–Trinajstić information content (AvgIpc) is 2.55. The van der Waals surface area contributed by atoms with Crippen molar-refractivity contribution in [3.8, 4) is 0 Å². The molecule has 1 aromatic rings. The lowest BCUT2D eigenvalue weighted by atomic mass is 9.96. The van der Waals surface area contributed by atoms with Crippen molar-refractivity contribution >= 4 is 39.2 Å². The molecule has 1 N–H and O–H groups in total. The predicted molar refractivity (Wildman–Crippen MR) is 95.2 cm³/mol. The van der Waals surface area contributed by atoms with E-state index in [0.717, 1.165) is 6.26 Å². The zero-order valence-electron chi connectivity index (χ0n) is 14.1. The van der Waals surface area contributed by atoms with E-state index in [2.05, 4.69) is 4.72 Å². The molecule has 1 amide bonds. The van der Waals surface area contributed by atoms with Crippen molar-refractivity contribution in [3.05, 3.63) is 28.8 Å². The van der Waals surface area contributed by atoms with Crippen molar-refractivity contribution in [2.45, 2.75) is 19.8 Å². The van der Waals surface area contributed by atoms with E-state index >= 15 is 0 Å². The van der Waals surface area contributed by atoms with Crippen molar-refractivity contribution in [1.82, 2.24) is 4.90 Å². The first-order valence-corrected chi connectivity index (χ1v) is 10.2. The molecule has 1 aliphatic rings. The summed E-state index contributed by atoms with van der Waals surface area (Å²) in [4.78, 5) is 26.0. The van der Waals surface area contributed by atoms with Gasteiger partial charge in [0.2, 0.25) is 10.0 Å². The van der Waals surface area contributed by atoms with Gasteiger partial charge in [0.1, 0.15) is 0 Å². The molecule has 0 spiro atoms. The smallest absolute Gasteiger partial charge is 0.309 e. The molecule has 1 aliphatic heterocycles. The van der Waals surface area contributed by atoms with Crippen LogP contribution in [0, 0.1) is 5.92 Å². The molecule has 138 valence electrons. The van der Waals surface area contributed by atoms with E-state index in [4.69, 9.17) is 16.3 Å². The summed E-state index contributed by atoms with van der Waals surface area (Å²) in [5.74, 6) is -0.632. The van der Waals surface area contributed by atoms with E-state index in [1.54, 1.807) is 17.9 Å². The minimum atomic E-state index is -3.50. The van der Waals surface area contributed by atoms with Gasteiger partial charge in [0.05, 0.1) is 29.5 Å². The van der Waals surface area contributed by atoms with Gasteiger partial charge in [-0.25, -0.2) is 8.42 Å². The number of piperidine rings is 1. The second-order valence-corrected chi connectivity index (χ2v) is 8.04. The summed E-state index contributed by atoms with van der Waals surface area (Å²) in [6.07, 6.45) is 2.11. The number of rotatable bonds is 5. The van der Waals surface area contributed by atoms with Crippen molar-refractivity contribution in [2.75, 3.05) is 30.7 Å². The van der Waals surface area contributed by atoms with Gasteiger partial charge < -0.3 is 9.64 Å². The van der Waals surface area contributed by atoms with Gasteiger partial charge in [-0.2, -0.15) is 0 Å². The molecule has 0 radical (unpaired) electrons. The first kappa shape index (κ1) is 19.5. The fourth-order valence-electron chi connectivity index (χ4n) is 2.70. The molecule has 9 heteroatoms. The number of anilines is 1. The number of ether oxygens (including phenoxy) is 1. The molecule has 0 saturated carbocycles. The number of amides is 1. The van der Waals surface area contributed by atoms with Crippen LogP contribution in [0.1, 0.15) is 30.1 Å². The molecule has 7 nitrogen and oxygen atoms in total. The highest BCUT2D eigenvalue weighted by Crippen LogP contribution is 2.26. The number of sulfonamides is 1.